The van der Waals surface area contributed by atoms with Crippen LogP contribution in [0.3, 0.4) is 0 Å². The van der Waals surface area contributed by atoms with Crippen molar-refractivity contribution in [2.24, 2.45) is 0 Å². The van der Waals surface area contributed by atoms with Gasteiger partial charge in [-0.05, 0) is 37.9 Å². The lowest BCUT2D eigenvalue weighted by molar-refractivity contribution is -0.132. The molecular weight excluding hydrogens is 420 g/mol. The van der Waals surface area contributed by atoms with Crippen LogP contribution in [0, 0.1) is 6.92 Å². The van der Waals surface area contributed by atoms with E-state index in [0.717, 1.165) is 57.5 Å². The molecule has 0 aliphatic carbocycles. The van der Waals surface area contributed by atoms with Gasteiger partial charge in [0.15, 0.2) is 0 Å². The summed E-state index contributed by atoms with van der Waals surface area (Å²) in [4.78, 5) is 23.2. The number of nitrogens with zero attached hydrogens (tertiary/aromatic N) is 4. The molecule has 32 heavy (non-hydrogen) atoms. The summed E-state index contributed by atoms with van der Waals surface area (Å²) < 4.78 is 5.44. The summed E-state index contributed by atoms with van der Waals surface area (Å²) in [5, 5.41) is 4.16. The minimum atomic E-state index is 0.0409. The third-order valence-electron chi connectivity index (χ3n) is 6.25. The summed E-state index contributed by atoms with van der Waals surface area (Å²) in [7, 11) is 0. The van der Waals surface area contributed by atoms with Gasteiger partial charge in [0.1, 0.15) is 0 Å². The molecule has 1 fully saturated rings. The highest BCUT2D eigenvalue weighted by Crippen LogP contribution is 2.37. The van der Waals surface area contributed by atoms with Crippen LogP contribution < -0.4 is 0 Å². The number of hydrogen-bond acceptors (Lipinski definition) is 6. The third kappa shape index (κ3) is 4.74. The summed E-state index contributed by atoms with van der Waals surface area (Å²) in [6.45, 7) is 6.51. The lowest BCUT2D eigenvalue weighted by atomic mass is 10.1. The lowest BCUT2D eigenvalue weighted by Crippen LogP contribution is -2.51. The molecule has 7 heteroatoms. The summed E-state index contributed by atoms with van der Waals surface area (Å²) in [5.74, 6) is 1.63. The van der Waals surface area contributed by atoms with Crippen LogP contribution in [0.4, 0.5) is 0 Å². The number of aromatic nitrogens is 2. The van der Waals surface area contributed by atoms with Gasteiger partial charge in [0.25, 0.3) is 0 Å². The molecule has 1 aromatic heterocycles. The first-order chi connectivity index (χ1) is 15.7. The van der Waals surface area contributed by atoms with E-state index in [2.05, 4.69) is 58.4 Å². The monoisotopic (exact) mass is 448 g/mol. The molecule has 166 valence electrons. The van der Waals surface area contributed by atoms with Crippen LogP contribution in [-0.4, -0.2) is 63.8 Å². The van der Waals surface area contributed by atoms with Gasteiger partial charge < -0.3 is 9.42 Å². The molecule has 1 unspecified atom stereocenters. The van der Waals surface area contributed by atoms with Crippen molar-refractivity contribution in [2.75, 3.05) is 32.7 Å². The second kappa shape index (κ2) is 9.46. The molecule has 1 saturated heterocycles. The van der Waals surface area contributed by atoms with Crippen molar-refractivity contribution < 1.29 is 9.32 Å². The van der Waals surface area contributed by atoms with Crippen LogP contribution >= 0.6 is 11.8 Å². The van der Waals surface area contributed by atoms with E-state index in [4.69, 9.17) is 4.52 Å². The van der Waals surface area contributed by atoms with Crippen LogP contribution in [0.5, 0.6) is 0 Å². The molecule has 1 atom stereocenters. The molecule has 0 bridgehead atoms. The Morgan fingerprint density at radius 3 is 2.66 bits per heavy atom. The molecule has 1 amide bonds. The normalized spacial score (nSPS) is 18.7. The second-order valence-electron chi connectivity index (χ2n) is 8.57. The molecule has 3 heterocycles. The van der Waals surface area contributed by atoms with Gasteiger partial charge in [-0.3, -0.25) is 9.69 Å². The van der Waals surface area contributed by atoms with Gasteiger partial charge in [0.2, 0.25) is 17.6 Å². The fraction of sp³-hybridized carbons (Fsp3) is 0.400. The SMILES string of the molecule is Cc1ccc(-c2noc(CCCN3CCN(C(=O)C4Cc5ccccc5S4)CC3)n2)cc1. The molecule has 2 aliphatic heterocycles. The fourth-order valence-corrected chi connectivity index (χ4v) is 5.62. The Bertz CT molecular complexity index is 1050. The minimum absolute atomic E-state index is 0.0409. The number of rotatable bonds is 6. The Morgan fingerprint density at radius 1 is 1.09 bits per heavy atom. The van der Waals surface area contributed by atoms with Crippen LogP contribution in [0.2, 0.25) is 0 Å². The van der Waals surface area contributed by atoms with E-state index in [0.29, 0.717) is 17.6 Å². The molecule has 0 saturated carbocycles. The van der Waals surface area contributed by atoms with Crippen molar-refractivity contribution in [1.29, 1.82) is 0 Å². The standard InChI is InChI=1S/C25H28N4O2S/c1-18-8-10-19(11-9-18)24-26-23(31-27-24)7-4-12-28-13-15-29(16-14-28)25(30)22-17-20-5-2-3-6-21(20)32-22/h2-3,5-6,8-11,22H,4,7,12-17H2,1H3. The topological polar surface area (TPSA) is 62.5 Å². The Labute approximate surface area is 193 Å². The summed E-state index contributed by atoms with van der Waals surface area (Å²) in [5.41, 5.74) is 3.50. The van der Waals surface area contributed by atoms with E-state index in [1.54, 1.807) is 11.8 Å². The van der Waals surface area contributed by atoms with Crippen molar-refractivity contribution in [3.8, 4) is 11.4 Å². The molecular formula is C25H28N4O2S. The number of benzene rings is 2. The van der Waals surface area contributed by atoms with E-state index in [1.165, 1.54) is 16.0 Å². The highest BCUT2D eigenvalue weighted by Gasteiger charge is 2.32. The number of carbonyl (C=O) groups is 1. The number of aryl methyl sites for hydroxylation is 2. The zero-order chi connectivity index (χ0) is 21.9. The Hall–Kier alpha value is -2.64. The molecule has 5 rings (SSSR count). The number of amides is 1. The third-order valence-corrected chi connectivity index (χ3v) is 7.55. The van der Waals surface area contributed by atoms with Gasteiger partial charge in [-0.25, -0.2) is 0 Å². The van der Waals surface area contributed by atoms with Crippen LogP contribution in [0.25, 0.3) is 11.4 Å². The average Bonchev–Trinajstić information content (AvgIpc) is 3.47. The Morgan fingerprint density at radius 2 is 1.88 bits per heavy atom. The number of fused-ring (bicyclic) bond motifs is 1. The average molecular weight is 449 g/mol. The van der Waals surface area contributed by atoms with Gasteiger partial charge in [-0.15, -0.1) is 11.8 Å². The predicted octanol–water partition coefficient (Wildman–Crippen LogP) is 3.84. The molecule has 2 aromatic carbocycles. The first-order valence-corrected chi connectivity index (χ1v) is 12.2. The molecule has 6 nitrogen and oxygen atoms in total. The van der Waals surface area contributed by atoms with Crippen molar-refractivity contribution in [3.63, 3.8) is 0 Å². The molecule has 0 spiro atoms. The Kier molecular flexibility index (Phi) is 6.28. The van der Waals surface area contributed by atoms with Crippen LogP contribution in [0.15, 0.2) is 57.9 Å². The van der Waals surface area contributed by atoms with Crippen molar-refractivity contribution >= 4 is 17.7 Å². The maximum atomic E-state index is 13.0. The first kappa shape index (κ1) is 21.2. The van der Waals surface area contributed by atoms with Gasteiger partial charge >= 0.3 is 0 Å². The van der Waals surface area contributed by atoms with Crippen molar-refractivity contribution in [1.82, 2.24) is 19.9 Å². The van der Waals surface area contributed by atoms with Gasteiger partial charge in [0, 0.05) is 43.1 Å². The summed E-state index contributed by atoms with van der Waals surface area (Å²) in [6, 6.07) is 16.5. The van der Waals surface area contributed by atoms with E-state index in [9.17, 15) is 4.79 Å². The lowest BCUT2D eigenvalue weighted by Gasteiger charge is -2.35. The second-order valence-corrected chi connectivity index (χ2v) is 9.81. The fourth-order valence-electron chi connectivity index (χ4n) is 4.35. The molecule has 3 aromatic rings. The number of thioether (sulfide) groups is 1. The smallest absolute Gasteiger partial charge is 0.236 e. The number of carbonyl (C=O) groups excluding carboxylic acids is 1. The summed E-state index contributed by atoms with van der Waals surface area (Å²) >= 11 is 1.72. The van der Waals surface area contributed by atoms with Gasteiger partial charge in [0.05, 0.1) is 5.25 Å². The van der Waals surface area contributed by atoms with Crippen LogP contribution in [0.1, 0.15) is 23.4 Å². The Balaban J connectivity index is 1.05. The maximum Gasteiger partial charge on any atom is 0.236 e. The molecule has 0 N–H and O–H groups in total. The van der Waals surface area contributed by atoms with Gasteiger partial charge in [-0.2, -0.15) is 4.98 Å². The van der Waals surface area contributed by atoms with E-state index >= 15 is 0 Å². The first-order valence-electron chi connectivity index (χ1n) is 11.3. The number of hydrogen-bond donors (Lipinski definition) is 0. The maximum absolute atomic E-state index is 13.0. The van der Waals surface area contributed by atoms with E-state index in [-0.39, 0.29) is 5.25 Å². The number of piperazine rings is 1. The largest absolute Gasteiger partial charge is 0.339 e. The van der Waals surface area contributed by atoms with Crippen molar-refractivity contribution in [2.45, 2.75) is 36.3 Å². The van der Waals surface area contributed by atoms with Crippen LogP contribution in [-0.2, 0) is 17.6 Å². The highest BCUT2D eigenvalue weighted by atomic mass is 32.2. The molecule has 2 aliphatic rings. The molecule has 0 radical (unpaired) electrons. The zero-order valence-electron chi connectivity index (χ0n) is 18.4. The van der Waals surface area contributed by atoms with E-state index < -0.39 is 0 Å². The van der Waals surface area contributed by atoms with E-state index in [1.807, 2.05) is 17.0 Å². The highest BCUT2D eigenvalue weighted by molar-refractivity contribution is 8.01. The van der Waals surface area contributed by atoms with Crippen molar-refractivity contribution in [3.05, 3.63) is 65.5 Å². The zero-order valence-corrected chi connectivity index (χ0v) is 19.2. The quantitative estimate of drug-likeness (QED) is 0.571. The van der Waals surface area contributed by atoms with Gasteiger partial charge in [-0.1, -0.05) is 53.2 Å². The minimum Gasteiger partial charge on any atom is -0.339 e. The summed E-state index contributed by atoms with van der Waals surface area (Å²) in [6.07, 6.45) is 2.60. The predicted molar refractivity (Wildman–Crippen MR) is 126 cm³/mol.